The summed E-state index contributed by atoms with van der Waals surface area (Å²) in [4.78, 5) is 24.0. The number of halogens is 1. The van der Waals surface area contributed by atoms with Crippen molar-refractivity contribution in [3.05, 3.63) is 59.9 Å². The Balaban J connectivity index is 2.08. The number of para-hydroxylation sites is 1. The lowest BCUT2D eigenvalue weighted by Gasteiger charge is -2.15. The highest BCUT2D eigenvalue weighted by Crippen LogP contribution is 2.26. The van der Waals surface area contributed by atoms with Crippen LogP contribution < -0.4 is 10.6 Å². The highest BCUT2D eigenvalue weighted by molar-refractivity contribution is 6.43. The molecule has 0 aliphatic rings. The molecule has 0 aliphatic heterocycles. The van der Waals surface area contributed by atoms with Crippen molar-refractivity contribution in [1.82, 2.24) is 0 Å². The van der Waals surface area contributed by atoms with Crippen LogP contribution in [0, 0.1) is 5.82 Å². The van der Waals surface area contributed by atoms with Crippen molar-refractivity contribution in [2.45, 2.75) is 26.2 Å². The van der Waals surface area contributed by atoms with Crippen LogP contribution in [0.1, 0.15) is 31.7 Å². The Labute approximate surface area is 134 Å². The summed E-state index contributed by atoms with van der Waals surface area (Å²) >= 11 is 0. The molecule has 2 aromatic rings. The first-order chi connectivity index (χ1) is 11.0. The first-order valence-electron chi connectivity index (χ1n) is 7.48. The molecule has 2 aromatic carbocycles. The summed E-state index contributed by atoms with van der Waals surface area (Å²) in [6.07, 6.45) is 0.919. The van der Waals surface area contributed by atoms with Crippen LogP contribution in [-0.4, -0.2) is 11.8 Å². The van der Waals surface area contributed by atoms with Gasteiger partial charge in [-0.1, -0.05) is 38.1 Å². The van der Waals surface area contributed by atoms with E-state index in [1.165, 1.54) is 18.2 Å². The molecule has 1 atom stereocenters. The van der Waals surface area contributed by atoms with Gasteiger partial charge in [0.25, 0.3) is 0 Å². The highest BCUT2D eigenvalue weighted by Gasteiger charge is 2.17. The first-order valence-corrected chi connectivity index (χ1v) is 7.48. The molecule has 2 N–H and O–H groups in total. The van der Waals surface area contributed by atoms with Crippen LogP contribution in [0.25, 0.3) is 0 Å². The van der Waals surface area contributed by atoms with Crippen molar-refractivity contribution in [2.75, 3.05) is 10.6 Å². The Morgan fingerprint density at radius 1 is 1.04 bits per heavy atom. The van der Waals surface area contributed by atoms with Crippen LogP contribution in [0.4, 0.5) is 15.8 Å². The summed E-state index contributed by atoms with van der Waals surface area (Å²) in [5.74, 6) is -1.84. The molecule has 0 bridgehead atoms. The molecule has 120 valence electrons. The molecule has 4 nitrogen and oxygen atoms in total. The van der Waals surface area contributed by atoms with E-state index in [1.54, 1.807) is 12.1 Å². The first kappa shape index (κ1) is 16.7. The molecule has 1 unspecified atom stereocenters. The molecule has 2 amide bonds. The Morgan fingerprint density at radius 3 is 2.43 bits per heavy atom. The van der Waals surface area contributed by atoms with E-state index in [9.17, 15) is 14.0 Å². The third-order valence-corrected chi connectivity index (χ3v) is 3.64. The maximum absolute atomic E-state index is 13.1. The SMILES string of the molecule is CCC(C)c1ccccc1NC(=O)C(=O)Nc1cccc(F)c1. The van der Waals surface area contributed by atoms with Crippen molar-refractivity contribution in [1.29, 1.82) is 0 Å². The fraction of sp³-hybridized carbons (Fsp3) is 0.222. The summed E-state index contributed by atoms with van der Waals surface area (Å²) < 4.78 is 13.1. The molecule has 0 saturated heterocycles. The van der Waals surface area contributed by atoms with Crippen molar-refractivity contribution < 1.29 is 14.0 Å². The highest BCUT2D eigenvalue weighted by atomic mass is 19.1. The normalized spacial score (nSPS) is 11.6. The summed E-state index contributed by atoms with van der Waals surface area (Å²) in [5.41, 5.74) is 1.82. The van der Waals surface area contributed by atoms with Gasteiger partial charge in [-0.25, -0.2) is 4.39 Å². The van der Waals surface area contributed by atoms with Gasteiger partial charge in [0.15, 0.2) is 0 Å². The molecule has 0 fully saturated rings. The van der Waals surface area contributed by atoms with Crippen molar-refractivity contribution in [3.8, 4) is 0 Å². The Morgan fingerprint density at radius 2 is 1.74 bits per heavy atom. The second-order valence-corrected chi connectivity index (χ2v) is 5.32. The number of amides is 2. The van der Waals surface area contributed by atoms with Crippen molar-refractivity contribution >= 4 is 23.2 Å². The lowest BCUT2D eigenvalue weighted by atomic mass is 9.97. The van der Waals surface area contributed by atoms with E-state index in [0.29, 0.717) is 5.69 Å². The Hall–Kier alpha value is -2.69. The average molecular weight is 314 g/mol. The zero-order valence-electron chi connectivity index (χ0n) is 13.1. The van der Waals surface area contributed by atoms with Gasteiger partial charge in [0, 0.05) is 11.4 Å². The minimum atomic E-state index is -0.838. The molecule has 5 heteroatoms. The van der Waals surface area contributed by atoms with E-state index in [1.807, 2.05) is 12.1 Å². The van der Waals surface area contributed by atoms with E-state index in [0.717, 1.165) is 18.1 Å². The molecule has 2 rings (SSSR count). The minimum absolute atomic E-state index is 0.236. The largest absolute Gasteiger partial charge is 0.318 e. The summed E-state index contributed by atoms with van der Waals surface area (Å²) in [6, 6.07) is 12.8. The molecule has 23 heavy (non-hydrogen) atoms. The zero-order valence-corrected chi connectivity index (χ0v) is 13.1. The van der Waals surface area contributed by atoms with Gasteiger partial charge >= 0.3 is 11.8 Å². The van der Waals surface area contributed by atoms with Crippen molar-refractivity contribution in [2.24, 2.45) is 0 Å². The average Bonchev–Trinajstić information content (AvgIpc) is 2.54. The molecular formula is C18H19FN2O2. The van der Waals surface area contributed by atoms with Gasteiger partial charge in [0.1, 0.15) is 5.82 Å². The monoisotopic (exact) mass is 314 g/mol. The number of carbonyl (C=O) groups is 2. The lowest BCUT2D eigenvalue weighted by Crippen LogP contribution is -2.29. The molecule has 0 aliphatic carbocycles. The van der Waals surface area contributed by atoms with Gasteiger partial charge in [-0.2, -0.15) is 0 Å². The predicted molar refractivity (Wildman–Crippen MR) is 88.8 cm³/mol. The fourth-order valence-corrected chi connectivity index (χ4v) is 2.19. The van der Waals surface area contributed by atoms with Gasteiger partial charge < -0.3 is 10.6 Å². The Bertz CT molecular complexity index is 716. The summed E-state index contributed by atoms with van der Waals surface area (Å²) in [5, 5.41) is 4.99. The Kier molecular flexibility index (Phi) is 5.46. The molecule has 0 radical (unpaired) electrons. The number of hydrogen-bond donors (Lipinski definition) is 2. The van der Waals surface area contributed by atoms with Crippen LogP contribution in [0.15, 0.2) is 48.5 Å². The summed E-state index contributed by atoms with van der Waals surface area (Å²) in [7, 11) is 0. The van der Waals surface area contributed by atoms with E-state index in [-0.39, 0.29) is 11.6 Å². The quantitative estimate of drug-likeness (QED) is 0.840. The van der Waals surface area contributed by atoms with Crippen LogP contribution in [0.5, 0.6) is 0 Å². The van der Waals surface area contributed by atoms with Crippen LogP contribution in [-0.2, 0) is 9.59 Å². The van der Waals surface area contributed by atoms with Gasteiger partial charge in [0.2, 0.25) is 0 Å². The second kappa shape index (κ2) is 7.54. The number of nitrogens with one attached hydrogen (secondary N) is 2. The van der Waals surface area contributed by atoms with E-state index in [4.69, 9.17) is 0 Å². The van der Waals surface area contributed by atoms with Crippen molar-refractivity contribution in [3.63, 3.8) is 0 Å². The van der Waals surface area contributed by atoms with Gasteiger partial charge in [-0.3, -0.25) is 9.59 Å². The van der Waals surface area contributed by atoms with Crippen LogP contribution in [0.2, 0.25) is 0 Å². The van der Waals surface area contributed by atoms with Crippen LogP contribution >= 0.6 is 0 Å². The maximum Gasteiger partial charge on any atom is 0.314 e. The van der Waals surface area contributed by atoms with Crippen LogP contribution in [0.3, 0.4) is 0 Å². The molecule has 0 spiro atoms. The minimum Gasteiger partial charge on any atom is -0.318 e. The molecule has 0 aromatic heterocycles. The fourth-order valence-electron chi connectivity index (χ4n) is 2.19. The smallest absolute Gasteiger partial charge is 0.314 e. The number of hydrogen-bond acceptors (Lipinski definition) is 2. The number of benzene rings is 2. The second-order valence-electron chi connectivity index (χ2n) is 5.32. The van der Waals surface area contributed by atoms with Gasteiger partial charge in [-0.05, 0) is 42.2 Å². The number of rotatable bonds is 4. The standard InChI is InChI=1S/C18H19FN2O2/c1-3-12(2)15-9-4-5-10-16(15)21-18(23)17(22)20-14-8-6-7-13(19)11-14/h4-12H,3H2,1-2H3,(H,20,22)(H,21,23). The lowest BCUT2D eigenvalue weighted by molar-refractivity contribution is -0.133. The summed E-state index contributed by atoms with van der Waals surface area (Å²) in [6.45, 7) is 4.11. The number of anilines is 2. The zero-order chi connectivity index (χ0) is 16.8. The molecular weight excluding hydrogens is 295 g/mol. The van der Waals surface area contributed by atoms with E-state index >= 15 is 0 Å². The molecule has 0 saturated carbocycles. The van der Waals surface area contributed by atoms with E-state index < -0.39 is 17.6 Å². The third-order valence-electron chi connectivity index (χ3n) is 3.64. The topological polar surface area (TPSA) is 58.2 Å². The van der Waals surface area contributed by atoms with Gasteiger partial charge in [0.05, 0.1) is 0 Å². The molecule has 0 heterocycles. The maximum atomic E-state index is 13.1. The number of carbonyl (C=O) groups excluding carboxylic acids is 2. The van der Waals surface area contributed by atoms with E-state index in [2.05, 4.69) is 24.5 Å². The predicted octanol–water partition coefficient (Wildman–Crippen LogP) is 3.92. The van der Waals surface area contributed by atoms with Gasteiger partial charge in [-0.15, -0.1) is 0 Å². The third kappa shape index (κ3) is 4.39.